The number of fused-ring (bicyclic) bond motifs is 1. The minimum atomic E-state index is 0.642. The van der Waals surface area contributed by atoms with Crippen molar-refractivity contribution in [2.45, 2.75) is 12.8 Å². The lowest BCUT2D eigenvalue weighted by Crippen LogP contribution is -2.46. The van der Waals surface area contributed by atoms with Crippen LogP contribution in [0.2, 0.25) is 0 Å². The molecule has 1 aromatic carbocycles. The van der Waals surface area contributed by atoms with E-state index in [1.807, 2.05) is 6.07 Å². The molecule has 1 aromatic rings. The van der Waals surface area contributed by atoms with Crippen LogP contribution in [0.25, 0.3) is 0 Å². The van der Waals surface area contributed by atoms with E-state index in [2.05, 4.69) is 21.9 Å². The first kappa shape index (κ1) is 14.5. The summed E-state index contributed by atoms with van der Waals surface area (Å²) in [4.78, 5) is 4.94. The number of nitrogens with zero attached hydrogens (tertiary/aromatic N) is 2. The van der Waals surface area contributed by atoms with Crippen molar-refractivity contribution in [1.82, 2.24) is 4.90 Å². The summed E-state index contributed by atoms with van der Waals surface area (Å²) in [6.45, 7) is 7.55. The first-order valence-electron chi connectivity index (χ1n) is 7.94. The van der Waals surface area contributed by atoms with Crippen LogP contribution in [0.1, 0.15) is 12.8 Å². The number of piperazine rings is 1. The average Bonchev–Trinajstić information content (AvgIpc) is 2.55. The van der Waals surface area contributed by atoms with E-state index in [1.54, 1.807) is 0 Å². The second-order valence-electron chi connectivity index (χ2n) is 5.63. The number of benzene rings is 1. The minimum Gasteiger partial charge on any atom is -0.486 e. The second-order valence-corrected chi connectivity index (χ2v) is 5.63. The van der Waals surface area contributed by atoms with Gasteiger partial charge in [-0.05, 0) is 38.1 Å². The zero-order valence-corrected chi connectivity index (χ0v) is 12.6. The predicted octanol–water partition coefficient (Wildman–Crippen LogP) is 1.32. The number of para-hydroxylation sites is 1. The molecule has 2 N–H and O–H groups in total. The van der Waals surface area contributed by atoms with E-state index in [0.29, 0.717) is 13.2 Å². The fourth-order valence-electron chi connectivity index (χ4n) is 3.00. The van der Waals surface area contributed by atoms with Gasteiger partial charge in [0.05, 0.1) is 5.69 Å². The molecule has 0 unspecified atom stereocenters. The Morgan fingerprint density at radius 3 is 2.62 bits per heavy atom. The molecule has 0 spiro atoms. The number of rotatable bonds is 5. The lowest BCUT2D eigenvalue weighted by atomic mass is 10.2. The molecule has 116 valence electrons. The van der Waals surface area contributed by atoms with Gasteiger partial charge in [-0.15, -0.1) is 0 Å². The SMILES string of the molecule is NCCCCN1CCN(c2cccc3c2OCCO3)CC1. The summed E-state index contributed by atoms with van der Waals surface area (Å²) in [5.41, 5.74) is 6.73. The highest BCUT2D eigenvalue weighted by Gasteiger charge is 2.23. The minimum absolute atomic E-state index is 0.642. The van der Waals surface area contributed by atoms with Gasteiger partial charge in [0.15, 0.2) is 11.5 Å². The molecule has 0 bridgehead atoms. The smallest absolute Gasteiger partial charge is 0.184 e. The molecule has 0 aliphatic carbocycles. The number of ether oxygens (including phenoxy) is 2. The van der Waals surface area contributed by atoms with E-state index in [9.17, 15) is 0 Å². The monoisotopic (exact) mass is 291 g/mol. The number of hydrogen-bond donors (Lipinski definition) is 1. The molecule has 5 heteroatoms. The van der Waals surface area contributed by atoms with E-state index < -0.39 is 0 Å². The number of nitrogens with two attached hydrogens (primary N) is 1. The molecule has 2 heterocycles. The van der Waals surface area contributed by atoms with Crippen LogP contribution in [0.15, 0.2) is 18.2 Å². The maximum absolute atomic E-state index is 5.82. The number of anilines is 1. The van der Waals surface area contributed by atoms with Gasteiger partial charge < -0.3 is 20.1 Å². The Bertz CT molecular complexity index is 459. The first-order chi connectivity index (χ1) is 10.4. The first-order valence-corrected chi connectivity index (χ1v) is 7.94. The molecule has 5 nitrogen and oxygen atoms in total. The van der Waals surface area contributed by atoms with Gasteiger partial charge in [-0.1, -0.05) is 6.07 Å². The Morgan fingerprint density at radius 2 is 1.81 bits per heavy atom. The van der Waals surface area contributed by atoms with Crippen LogP contribution in [0.5, 0.6) is 11.5 Å². The van der Waals surface area contributed by atoms with Gasteiger partial charge in [0.2, 0.25) is 0 Å². The molecule has 1 fully saturated rings. The molecule has 2 aliphatic rings. The summed E-state index contributed by atoms with van der Waals surface area (Å²) < 4.78 is 11.5. The highest BCUT2D eigenvalue weighted by atomic mass is 16.6. The van der Waals surface area contributed by atoms with Gasteiger partial charge in [-0.3, -0.25) is 4.90 Å². The summed E-state index contributed by atoms with van der Waals surface area (Å²) in [5.74, 6) is 1.80. The van der Waals surface area contributed by atoms with E-state index >= 15 is 0 Å². The average molecular weight is 291 g/mol. The molecule has 0 amide bonds. The lowest BCUT2D eigenvalue weighted by molar-refractivity contribution is 0.171. The summed E-state index contributed by atoms with van der Waals surface area (Å²) in [6.07, 6.45) is 2.33. The van der Waals surface area contributed by atoms with Crippen LogP contribution in [0, 0.1) is 0 Å². The van der Waals surface area contributed by atoms with Crippen molar-refractivity contribution in [1.29, 1.82) is 0 Å². The van der Waals surface area contributed by atoms with Gasteiger partial charge in [-0.2, -0.15) is 0 Å². The number of unbranched alkanes of at least 4 members (excludes halogenated alkanes) is 1. The Hall–Kier alpha value is -1.46. The van der Waals surface area contributed by atoms with Gasteiger partial charge >= 0.3 is 0 Å². The maximum atomic E-state index is 5.82. The van der Waals surface area contributed by atoms with Crippen molar-refractivity contribution < 1.29 is 9.47 Å². The molecule has 1 saturated heterocycles. The molecule has 3 rings (SSSR count). The summed E-state index contributed by atoms with van der Waals surface area (Å²) in [7, 11) is 0. The van der Waals surface area contributed by atoms with E-state index in [4.69, 9.17) is 15.2 Å². The van der Waals surface area contributed by atoms with Gasteiger partial charge in [0, 0.05) is 26.2 Å². The van der Waals surface area contributed by atoms with Crippen molar-refractivity contribution in [3.63, 3.8) is 0 Å². The Labute approximate surface area is 126 Å². The highest BCUT2D eigenvalue weighted by Crippen LogP contribution is 2.39. The third kappa shape index (κ3) is 3.41. The summed E-state index contributed by atoms with van der Waals surface area (Å²) >= 11 is 0. The molecule has 0 aromatic heterocycles. The van der Waals surface area contributed by atoms with Crippen molar-refractivity contribution in [3.05, 3.63) is 18.2 Å². The van der Waals surface area contributed by atoms with Crippen molar-refractivity contribution in [2.24, 2.45) is 5.73 Å². The van der Waals surface area contributed by atoms with Crippen LogP contribution in [0.3, 0.4) is 0 Å². The van der Waals surface area contributed by atoms with Crippen molar-refractivity contribution in [2.75, 3.05) is 57.4 Å². The standard InChI is InChI=1S/C16H25N3O2/c17-6-1-2-7-18-8-10-19(11-9-18)14-4-3-5-15-16(14)21-13-12-20-15/h3-5H,1-2,6-13,17H2. The van der Waals surface area contributed by atoms with Gasteiger partial charge in [0.1, 0.15) is 13.2 Å². The third-order valence-corrected chi connectivity index (χ3v) is 4.19. The Kier molecular flexibility index (Phi) is 4.83. The molecule has 2 aliphatic heterocycles. The summed E-state index contributed by atoms with van der Waals surface area (Å²) in [5, 5.41) is 0. The lowest BCUT2D eigenvalue weighted by Gasteiger charge is -2.37. The van der Waals surface area contributed by atoms with E-state index in [0.717, 1.165) is 57.2 Å². The van der Waals surface area contributed by atoms with Crippen LogP contribution in [0.4, 0.5) is 5.69 Å². The quantitative estimate of drug-likeness (QED) is 0.829. The second kappa shape index (κ2) is 7.00. The third-order valence-electron chi connectivity index (χ3n) is 4.19. The molecule has 0 atom stereocenters. The van der Waals surface area contributed by atoms with Crippen LogP contribution in [-0.4, -0.2) is 57.4 Å². The van der Waals surface area contributed by atoms with Crippen LogP contribution in [-0.2, 0) is 0 Å². The van der Waals surface area contributed by atoms with Gasteiger partial charge in [0.25, 0.3) is 0 Å². The van der Waals surface area contributed by atoms with E-state index in [-0.39, 0.29) is 0 Å². The molecular weight excluding hydrogens is 266 g/mol. The Morgan fingerprint density at radius 1 is 1.00 bits per heavy atom. The predicted molar refractivity (Wildman–Crippen MR) is 84.4 cm³/mol. The largest absolute Gasteiger partial charge is 0.486 e. The maximum Gasteiger partial charge on any atom is 0.184 e. The topological polar surface area (TPSA) is 51.0 Å². The number of hydrogen-bond acceptors (Lipinski definition) is 5. The van der Waals surface area contributed by atoms with Crippen LogP contribution < -0.4 is 20.1 Å². The molecule has 0 radical (unpaired) electrons. The normalized spacial score (nSPS) is 18.8. The molecule has 21 heavy (non-hydrogen) atoms. The highest BCUT2D eigenvalue weighted by molar-refractivity contribution is 5.65. The van der Waals surface area contributed by atoms with Crippen molar-refractivity contribution >= 4 is 5.69 Å². The molecular formula is C16H25N3O2. The zero-order valence-electron chi connectivity index (χ0n) is 12.6. The van der Waals surface area contributed by atoms with Crippen molar-refractivity contribution in [3.8, 4) is 11.5 Å². The van der Waals surface area contributed by atoms with Gasteiger partial charge in [-0.25, -0.2) is 0 Å². The van der Waals surface area contributed by atoms with Crippen LogP contribution >= 0.6 is 0 Å². The summed E-state index contributed by atoms with van der Waals surface area (Å²) in [6, 6.07) is 6.18. The fourth-order valence-corrected chi connectivity index (χ4v) is 3.00. The Balaban J connectivity index is 1.59. The molecule has 0 saturated carbocycles. The van der Waals surface area contributed by atoms with E-state index in [1.165, 1.54) is 12.1 Å². The fraction of sp³-hybridized carbons (Fsp3) is 0.625. The zero-order chi connectivity index (χ0) is 14.5.